The van der Waals surface area contributed by atoms with Crippen molar-refractivity contribution >= 4 is 32.6 Å². The number of aromatic nitrogens is 3. The SMILES string of the molecule is Cn1cc2ccc3ncnc4ccc(c1=O)c2c34. The lowest BCUT2D eigenvalue weighted by Crippen LogP contribution is -2.16. The monoisotopic (exact) mass is 235 g/mol. The van der Waals surface area contributed by atoms with Crippen molar-refractivity contribution in [2.24, 2.45) is 7.05 Å². The van der Waals surface area contributed by atoms with Crippen LogP contribution in [0.2, 0.25) is 0 Å². The molecule has 0 aliphatic rings. The molecule has 18 heavy (non-hydrogen) atoms. The van der Waals surface area contributed by atoms with Crippen LogP contribution in [0.3, 0.4) is 0 Å². The Kier molecular flexibility index (Phi) is 1.61. The minimum absolute atomic E-state index is 0.0146. The van der Waals surface area contributed by atoms with Crippen LogP contribution in [0.15, 0.2) is 41.6 Å². The number of hydrogen-bond donors (Lipinski definition) is 0. The first kappa shape index (κ1) is 9.53. The van der Waals surface area contributed by atoms with Gasteiger partial charge in [-0.3, -0.25) is 4.79 Å². The Balaban J connectivity index is 2.50. The van der Waals surface area contributed by atoms with Crippen molar-refractivity contribution in [3.05, 3.63) is 47.1 Å². The van der Waals surface area contributed by atoms with Crippen LogP contribution in [0.5, 0.6) is 0 Å². The first-order chi connectivity index (χ1) is 8.75. The first-order valence-corrected chi connectivity index (χ1v) is 5.71. The number of nitrogens with zero attached hydrogens (tertiary/aromatic N) is 3. The average molecular weight is 235 g/mol. The number of aryl methyl sites for hydroxylation is 1. The van der Waals surface area contributed by atoms with Gasteiger partial charge in [0.2, 0.25) is 0 Å². The zero-order valence-corrected chi connectivity index (χ0v) is 9.71. The summed E-state index contributed by atoms with van der Waals surface area (Å²) in [6.07, 6.45) is 3.41. The van der Waals surface area contributed by atoms with Crippen LogP contribution >= 0.6 is 0 Å². The molecule has 2 heterocycles. The van der Waals surface area contributed by atoms with E-state index in [0.29, 0.717) is 0 Å². The van der Waals surface area contributed by atoms with Crippen molar-refractivity contribution < 1.29 is 0 Å². The lowest BCUT2D eigenvalue weighted by atomic mass is 10.0. The molecule has 0 aliphatic heterocycles. The highest BCUT2D eigenvalue weighted by atomic mass is 16.1. The van der Waals surface area contributed by atoms with Gasteiger partial charge in [-0.05, 0) is 23.6 Å². The van der Waals surface area contributed by atoms with Gasteiger partial charge in [0.1, 0.15) is 6.33 Å². The Morgan fingerprint density at radius 3 is 2.50 bits per heavy atom. The second-order valence-electron chi connectivity index (χ2n) is 4.47. The van der Waals surface area contributed by atoms with Crippen molar-refractivity contribution in [1.82, 2.24) is 14.5 Å². The molecule has 4 rings (SSSR count). The van der Waals surface area contributed by atoms with E-state index in [1.807, 2.05) is 30.5 Å². The van der Waals surface area contributed by atoms with Gasteiger partial charge in [0, 0.05) is 29.4 Å². The molecule has 0 aliphatic carbocycles. The number of hydrogen-bond acceptors (Lipinski definition) is 3. The van der Waals surface area contributed by atoms with Crippen molar-refractivity contribution in [2.45, 2.75) is 0 Å². The van der Waals surface area contributed by atoms with E-state index in [9.17, 15) is 4.79 Å². The molecule has 0 fully saturated rings. The molecule has 86 valence electrons. The highest BCUT2D eigenvalue weighted by Gasteiger charge is 2.11. The largest absolute Gasteiger partial charge is 0.317 e. The molecule has 0 unspecified atom stereocenters. The molecular weight excluding hydrogens is 226 g/mol. The molecule has 2 aromatic carbocycles. The third kappa shape index (κ3) is 1.02. The molecular formula is C14H9N3O. The Morgan fingerprint density at radius 1 is 1.00 bits per heavy atom. The van der Waals surface area contributed by atoms with E-state index < -0.39 is 0 Å². The predicted molar refractivity (Wildman–Crippen MR) is 71.0 cm³/mol. The molecule has 0 bridgehead atoms. The molecule has 4 aromatic rings. The summed E-state index contributed by atoms with van der Waals surface area (Å²) < 4.78 is 1.61. The van der Waals surface area contributed by atoms with Crippen LogP contribution in [0.25, 0.3) is 32.6 Å². The zero-order chi connectivity index (χ0) is 12.3. The van der Waals surface area contributed by atoms with Crippen LogP contribution in [0.4, 0.5) is 0 Å². The fourth-order valence-electron chi connectivity index (χ4n) is 2.60. The quantitative estimate of drug-likeness (QED) is 0.438. The summed E-state index contributed by atoms with van der Waals surface area (Å²) in [5.74, 6) is 0. The van der Waals surface area contributed by atoms with E-state index >= 15 is 0 Å². The standard InChI is InChI=1S/C14H9N3O/c1-17-6-8-2-4-10-13-11(16-7-15-10)5-3-9(12(8)13)14(17)18/h2-7H,1H3. The molecule has 0 saturated heterocycles. The second-order valence-corrected chi connectivity index (χ2v) is 4.47. The molecule has 0 atom stereocenters. The van der Waals surface area contributed by atoms with E-state index in [0.717, 1.165) is 32.6 Å². The van der Waals surface area contributed by atoms with Crippen molar-refractivity contribution in [1.29, 1.82) is 0 Å². The smallest absolute Gasteiger partial charge is 0.258 e. The minimum atomic E-state index is 0.0146. The zero-order valence-electron chi connectivity index (χ0n) is 9.71. The van der Waals surface area contributed by atoms with Crippen molar-refractivity contribution in [3.8, 4) is 0 Å². The fraction of sp³-hybridized carbons (Fsp3) is 0.0714. The average Bonchev–Trinajstić information content (AvgIpc) is 2.40. The third-order valence-corrected chi connectivity index (χ3v) is 3.43. The molecule has 2 aromatic heterocycles. The molecule has 0 N–H and O–H groups in total. The van der Waals surface area contributed by atoms with Gasteiger partial charge in [0.15, 0.2) is 0 Å². The van der Waals surface area contributed by atoms with Crippen LogP contribution < -0.4 is 5.56 Å². The van der Waals surface area contributed by atoms with Gasteiger partial charge in [0.25, 0.3) is 5.56 Å². The Morgan fingerprint density at radius 2 is 1.72 bits per heavy atom. The predicted octanol–water partition coefficient (Wildman–Crippen LogP) is 2.07. The summed E-state index contributed by atoms with van der Waals surface area (Å²) in [5.41, 5.74) is 1.78. The maximum absolute atomic E-state index is 12.2. The van der Waals surface area contributed by atoms with Crippen LogP contribution in [0, 0.1) is 0 Å². The molecule has 4 nitrogen and oxygen atoms in total. The van der Waals surface area contributed by atoms with Crippen molar-refractivity contribution in [2.75, 3.05) is 0 Å². The third-order valence-electron chi connectivity index (χ3n) is 3.43. The topological polar surface area (TPSA) is 47.8 Å². The number of pyridine rings is 1. The van der Waals surface area contributed by atoms with Gasteiger partial charge >= 0.3 is 0 Å². The number of rotatable bonds is 0. The molecule has 0 saturated carbocycles. The minimum Gasteiger partial charge on any atom is -0.317 e. The Labute approximate surface area is 102 Å². The summed E-state index contributed by atoms with van der Waals surface area (Å²) in [6, 6.07) is 7.69. The van der Waals surface area contributed by atoms with E-state index in [-0.39, 0.29) is 5.56 Å². The van der Waals surface area contributed by atoms with E-state index in [2.05, 4.69) is 9.97 Å². The summed E-state index contributed by atoms with van der Waals surface area (Å²) >= 11 is 0. The summed E-state index contributed by atoms with van der Waals surface area (Å²) in [7, 11) is 1.77. The number of benzene rings is 2. The molecule has 0 amide bonds. The van der Waals surface area contributed by atoms with Gasteiger partial charge in [-0.2, -0.15) is 0 Å². The Hall–Kier alpha value is -2.49. The molecule has 4 heteroatoms. The first-order valence-electron chi connectivity index (χ1n) is 5.71. The van der Waals surface area contributed by atoms with Gasteiger partial charge < -0.3 is 4.57 Å². The highest BCUT2D eigenvalue weighted by Crippen LogP contribution is 2.30. The fourth-order valence-corrected chi connectivity index (χ4v) is 2.60. The summed E-state index contributed by atoms with van der Waals surface area (Å²) in [6.45, 7) is 0. The normalized spacial score (nSPS) is 11.8. The lowest BCUT2D eigenvalue weighted by Gasteiger charge is -2.09. The van der Waals surface area contributed by atoms with Crippen molar-refractivity contribution in [3.63, 3.8) is 0 Å². The van der Waals surface area contributed by atoms with Gasteiger partial charge in [0.05, 0.1) is 11.0 Å². The lowest BCUT2D eigenvalue weighted by molar-refractivity contribution is 0.879. The maximum atomic E-state index is 12.2. The molecule has 0 radical (unpaired) electrons. The molecule has 0 spiro atoms. The summed E-state index contributed by atoms with van der Waals surface area (Å²) in [4.78, 5) is 20.7. The van der Waals surface area contributed by atoms with Crippen LogP contribution in [0.1, 0.15) is 0 Å². The van der Waals surface area contributed by atoms with E-state index in [1.165, 1.54) is 0 Å². The van der Waals surface area contributed by atoms with Gasteiger partial charge in [-0.25, -0.2) is 9.97 Å². The van der Waals surface area contributed by atoms with Crippen LogP contribution in [-0.4, -0.2) is 14.5 Å². The summed E-state index contributed by atoms with van der Waals surface area (Å²) in [5, 5.41) is 3.71. The Bertz CT molecular complexity index is 940. The second kappa shape index (κ2) is 3.04. The van der Waals surface area contributed by atoms with Crippen LogP contribution in [-0.2, 0) is 7.05 Å². The van der Waals surface area contributed by atoms with E-state index in [1.54, 1.807) is 17.9 Å². The van der Waals surface area contributed by atoms with Gasteiger partial charge in [-0.1, -0.05) is 6.07 Å². The van der Waals surface area contributed by atoms with Gasteiger partial charge in [-0.15, -0.1) is 0 Å². The highest BCUT2D eigenvalue weighted by molar-refractivity contribution is 6.20. The van der Waals surface area contributed by atoms with E-state index in [4.69, 9.17) is 0 Å². The maximum Gasteiger partial charge on any atom is 0.258 e.